The zero-order chi connectivity index (χ0) is 52.1. The fourth-order valence-electron chi connectivity index (χ4n) is 9.48. The molecule has 0 radical (unpaired) electrons. The monoisotopic (exact) mass is 996 g/mol. The smallest absolute Gasteiger partial charge is 0.308 e. The number of aliphatic hydroxyl groups is 4. The molecule has 1 aromatic heterocycles. The summed E-state index contributed by atoms with van der Waals surface area (Å²) in [4.78, 5) is 67.5. The largest absolute Gasteiger partial charge is 0.462 e. The molecule has 0 spiro atoms. The van der Waals surface area contributed by atoms with E-state index in [2.05, 4.69) is 10.3 Å². The number of likely N-dealkylation sites (N-methyl/N-ethyl adjacent to an activating group) is 1. The van der Waals surface area contributed by atoms with Crippen LogP contribution in [-0.4, -0.2) is 196 Å². The van der Waals surface area contributed by atoms with E-state index in [4.69, 9.17) is 37.9 Å². The molecular formula is C48H77N5O17. The fraction of sp³-hybridized carbons (Fsp3) is 0.771. The van der Waals surface area contributed by atoms with Crippen molar-refractivity contribution in [2.75, 3.05) is 41.4 Å². The maximum absolute atomic E-state index is 13.8. The molecule has 0 aliphatic carbocycles. The molecule has 0 saturated carbocycles. The van der Waals surface area contributed by atoms with Crippen molar-refractivity contribution in [3.05, 3.63) is 35.7 Å². The van der Waals surface area contributed by atoms with Crippen molar-refractivity contribution in [1.82, 2.24) is 24.8 Å². The Bertz CT molecular complexity index is 1950. The zero-order valence-corrected chi connectivity index (χ0v) is 42.6. The summed E-state index contributed by atoms with van der Waals surface area (Å²) in [6.07, 6.45) is -6.13. The van der Waals surface area contributed by atoms with Gasteiger partial charge in [-0.3, -0.25) is 24.0 Å². The number of aromatic nitrogens is 3. The van der Waals surface area contributed by atoms with Crippen molar-refractivity contribution in [2.45, 2.75) is 174 Å². The van der Waals surface area contributed by atoms with Crippen molar-refractivity contribution in [3.8, 4) is 0 Å². The number of aliphatic hydroxyl groups excluding tert-OH is 4. The standard InChI is InChI=1S/C48H77N5O17/c1-13-37-33(24-54)18-25(2)14-15-35(58)26(3)19-32(43(27(4)36(59)20-39(60)68-37)70-47-42(62)40(51(9)10)41(61)28(5)64-47)16-17-52(11)21-34-22-53(50-49-34)23-38-44(65-29(6)55)45(66-30(7)56)46(67-31(8)57)48(63-12)69-38/h14-15,18,22,26-28,32-33,36-38,40-48,54,59,61-62H,13,16-17,19-21,23-24H2,1-12H3/b15-14+,25-18+/t26-,27+,28-,32+,33-,36-,37-,38-,40?,41-,42?,43-,44-,45+,46-,47+,48+/m1/s1. The second-order valence-electron chi connectivity index (χ2n) is 19.2. The van der Waals surface area contributed by atoms with Gasteiger partial charge in [0.25, 0.3) is 0 Å². The van der Waals surface area contributed by atoms with Gasteiger partial charge in [0.1, 0.15) is 18.3 Å². The van der Waals surface area contributed by atoms with E-state index >= 15 is 0 Å². The van der Waals surface area contributed by atoms with Crippen molar-refractivity contribution in [2.24, 2.45) is 23.7 Å². The van der Waals surface area contributed by atoms with E-state index < -0.39 is 134 Å². The first-order chi connectivity index (χ1) is 33.0. The molecule has 4 N–H and O–H groups in total. The van der Waals surface area contributed by atoms with Crippen LogP contribution >= 0.6 is 0 Å². The maximum atomic E-state index is 13.8. The summed E-state index contributed by atoms with van der Waals surface area (Å²) in [5, 5.41) is 53.3. The van der Waals surface area contributed by atoms with Crippen LogP contribution in [0.4, 0.5) is 0 Å². The van der Waals surface area contributed by atoms with Gasteiger partial charge in [0.05, 0.1) is 55.7 Å². The van der Waals surface area contributed by atoms with E-state index in [1.165, 1.54) is 31.7 Å². The molecule has 2 fully saturated rings. The second-order valence-corrected chi connectivity index (χ2v) is 19.2. The lowest BCUT2D eigenvalue weighted by atomic mass is 9.79. The van der Waals surface area contributed by atoms with Crippen LogP contribution in [0.25, 0.3) is 0 Å². The molecule has 17 atom stereocenters. The number of hydrogen-bond donors (Lipinski definition) is 4. The summed E-state index contributed by atoms with van der Waals surface area (Å²) in [5.41, 5.74) is 1.22. The summed E-state index contributed by atoms with van der Waals surface area (Å²) in [6, 6.07) is -0.771. The molecule has 0 aromatic carbocycles. The first-order valence-electron chi connectivity index (χ1n) is 24.0. The third kappa shape index (κ3) is 16.1. The number of allylic oxidation sites excluding steroid dienone is 3. The Morgan fingerprint density at radius 3 is 2.11 bits per heavy atom. The maximum Gasteiger partial charge on any atom is 0.308 e. The van der Waals surface area contributed by atoms with Crippen LogP contribution in [0.2, 0.25) is 0 Å². The molecule has 70 heavy (non-hydrogen) atoms. The minimum absolute atomic E-state index is 0.0515. The highest BCUT2D eigenvalue weighted by atomic mass is 16.7. The summed E-state index contributed by atoms with van der Waals surface area (Å²) in [6.45, 7) is 12.6. The molecule has 0 bridgehead atoms. The second kappa shape index (κ2) is 27.0. The number of ketones is 1. The summed E-state index contributed by atoms with van der Waals surface area (Å²) < 4.78 is 48.2. The molecule has 2 unspecified atom stereocenters. The highest BCUT2D eigenvalue weighted by Crippen LogP contribution is 2.35. The van der Waals surface area contributed by atoms with Gasteiger partial charge in [0.2, 0.25) is 0 Å². The number of esters is 4. The molecular weight excluding hydrogens is 919 g/mol. The molecule has 3 aliphatic rings. The Balaban J connectivity index is 1.65. The van der Waals surface area contributed by atoms with Gasteiger partial charge in [-0.2, -0.15) is 0 Å². The van der Waals surface area contributed by atoms with Gasteiger partial charge in [-0.15, -0.1) is 5.10 Å². The van der Waals surface area contributed by atoms with Crippen LogP contribution in [-0.2, 0) is 75.0 Å². The fourth-order valence-corrected chi connectivity index (χ4v) is 9.48. The van der Waals surface area contributed by atoms with Crippen LogP contribution in [0.1, 0.15) is 86.8 Å². The lowest BCUT2D eigenvalue weighted by Gasteiger charge is -2.46. The number of methoxy groups -OCH3 is 1. The van der Waals surface area contributed by atoms with Crippen LogP contribution in [0, 0.1) is 23.7 Å². The van der Waals surface area contributed by atoms with Gasteiger partial charge >= 0.3 is 23.9 Å². The van der Waals surface area contributed by atoms with E-state index in [0.29, 0.717) is 30.7 Å². The molecule has 22 heteroatoms. The van der Waals surface area contributed by atoms with E-state index in [9.17, 15) is 44.4 Å². The van der Waals surface area contributed by atoms with E-state index in [1.807, 2.05) is 18.9 Å². The van der Waals surface area contributed by atoms with Gasteiger partial charge in [0, 0.05) is 58.4 Å². The van der Waals surface area contributed by atoms with E-state index in [1.54, 1.807) is 65.0 Å². The van der Waals surface area contributed by atoms with Gasteiger partial charge in [-0.05, 0) is 72.8 Å². The zero-order valence-electron chi connectivity index (χ0n) is 42.6. The predicted octanol–water partition coefficient (Wildman–Crippen LogP) is 1.09. The molecule has 0 amide bonds. The molecule has 3 aliphatic heterocycles. The molecule has 396 valence electrons. The van der Waals surface area contributed by atoms with E-state index in [-0.39, 0.29) is 31.9 Å². The topological polar surface area (TPSA) is 277 Å². The Morgan fingerprint density at radius 2 is 1.51 bits per heavy atom. The van der Waals surface area contributed by atoms with Crippen molar-refractivity contribution < 1.29 is 82.3 Å². The molecule has 1 aromatic rings. The Kier molecular flexibility index (Phi) is 22.5. The Labute approximate surface area is 410 Å². The average molecular weight is 996 g/mol. The number of rotatable bonds is 16. The van der Waals surface area contributed by atoms with Crippen molar-refractivity contribution in [3.63, 3.8) is 0 Å². The summed E-state index contributed by atoms with van der Waals surface area (Å²) in [5.74, 6) is -5.37. The lowest BCUT2D eigenvalue weighted by molar-refractivity contribution is -0.304. The minimum atomic E-state index is -1.33. The van der Waals surface area contributed by atoms with Crippen molar-refractivity contribution in [1.29, 1.82) is 0 Å². The summed E-state index contributed by atoms with van der Waals surface area (Å²) >= 11 is 0. The molecule has 4 heterocycles. The quantitative estimate of drug-likeness (QED) is 0.133. The third-order valence-electron chi connectivity index (χ3n) is 13.2. The number of carbonyl (C=O) groups is 5. The van der Waals surface area contributed by atoms with Crippen molar-refractivity contribution >= 4 is 29.7 Å². The highest BCUT2D eigenvalue weighted by Gasteiger charge is 2.52. The first-order valence-corrected chi connectivity index (χ1v) is 24.0. The van der Waals surface area contributed by atoms with E-state index in [0.717, 1.165) is 6.92 Å². The first kappa shape index (κ1) is 58.3. The SMILES string of the molecule is CC[C@H]1OC(=O)C[C@@H](O)[C@H](C)[C@@H](O[C@@H]2O[C@H](C)[C@@H](O)C(N(C)C)C2O)[C@@H](CCN(C)Cc2cn(C[C@H]3O[C@H](OC)[C@H](OC(C)=O)[C@@H](OC(C)=O)[C@@H]3OC(C)=O)nn2)C[C@@H](C)C(=O)/C=C/C(C)=C/[C@@H]1CO. The van der Waals surface area contributed by atoms with Gasteiger partial charge < -0.3 is 68.1 Å². The number of nitrogens with zero attached hydrogens (tertiary/aromatic N) is 5. The lowest BCUT2D eigenvalue weighted by Crippen LogP contribution is -2.63. The van der Waals surface area contributed by atoms with Crippen LogP contribution in [0.15, 0.2) is 30.0 Å². The Hall–Kier alpha value is -4.23. The normalized spacial score (nSPS) is 36.2. The van der Waals surface area contributed by atoms with Gasteiger partial charge in [-0.25, -0.2) is 4.68 Å². The molecule has 22 nitrogen and oxygen atoms in total. The van der Waals surface area contributed by atoms with Gasteiger partial charge in [-0.1, -0.05) is 43.7 Å². The minimum Gasteiger partial charge on any atom is -0.462 e. The highest BCUT2D eigenvalue weighted by molar-refractivity contribution is 5.91. The average Bonchev–Trinajstić information content (AvgIpc) is 3.72. The summed E-state index contributed by atoms with van der Waals surface area (Å²) in [7, 11) is 6.62. The van der Waals surface area contributed by atoms with Crippen LogP contribution in [0.3, 0.4) is 0 Å². The molecule has 2 saturated heterocycles. The molecule has 4 rings (SSSR count). The van der Waals surface area contributed by atoms with Gasteiger partial charge in [0.15, 0.2) is 36.7 Å². The number of ether oxygens (including phenoxy) is 8. The Morgan fingerprint density at radius 1 is 0.871 bits per heavy atom. The van der Waals surface area contributed by atoms with Crippen LogP contribution < -0.4 is 0 Å². The van der Waals surface area contributed by atoms with Crippen LogP contribution in [0.5, 0.6) is 0 Å². The number of cyclic esters (lactones) is 1. The number of carbonyl (C=O) groups excluding carboxylic acids is 5. The number of hydrogen-bond acceptors (Lipinski definition) is 21. The third-order valence-corrected chi connectivity index (χ3v) is 13.2. The predicted molar refractivity (Wildman–Crippen MR) is 248 cm³/mol.